The lowest BCUT2D eigenvalue weighted by atomic mass is 10.1. The zero-order valence-electron chi connectivity index (χ0n) is 13.9. The van der Waals surface area contributed by atoms with Crippen molar-refractivity contribution in [2.45, 2.75) is 6.92 Å². The molecule has 0 saturated carbocycles. The second-order valence-corrected chi connectivity index (χ2v) is 5.63. The molecule has 0 atom stereocenters. The van der Waals surface area contributed by atoms with Crippen molar-refractivity contribution in [2.24, 2.45) is 5.10 Å². The molecular formula is C17H12N4O6. The summed E-state index contributed by atoms with van der Waals surface area (Å²) in [5, 5.41) is 36.7. The lowest BCUT2D eigenvalue weighted by Gasteiger charge is -2.11. The van der Waals surface area contributed by atoms with Crippen LogP contribution in [0, 0.1) is 20.2 Å². The van der Waals surface area contributed by atoms with Gasteiger partial charge >= 0.3 is 0 Å². The van der Waals surface area contributed by atoms with Gasteiger partial charge in [0.25, 0.3) is 17.3 Å². The number of aromatic hydroxyl groups is 1. The Morgan fingerprint density at radius 3 is 2.22 bits per heavy atom. The van der Waals surface area contributed by atoms with E-state index in [1.165, 1.54) is 36.4 Å². The first kappa shape index (κ1) is 17.7. The molecule has 0 fully saturated rings. The van der Waals surface area contributed by atoms with Gasteiger partial charge in [0.15, 0.2) is 0 Å². The fraction of sp³-hybridized carbons (Fsp3) is 0.0588. The number of nitrogens with zero attached hydrogens (tertiary/aromatic N) is 4. The molecule has 0 bridgehead atoms. The Kier molecular flexibility index (Phi) is 4.38. The Bertz CT molecular complexity index is 1030. The number of amides is 1. The van der Waals surface area contributed by atoms with Crippen LogP contribution in [0.3, 0.4) is 0 Å². The molecule has 1 aliphatic rings. The summed E-state index contributed by atoms with van der Waals surface area (Å²) in [6, 6.07) is 8.75. The van der Waals surface area contributed by atoms with Gasteiger partial charge < -0.3 is 5.11 Å². The van der Waals surface area contributed by atoms with E-state index in [1.54, 1.807) is 6.92 Å². The quantitative estimate of drug-likeness (QED) is 0.500. The number of phenolic OH excluding ortho intramolecular Hbond substituents is 1. The summed E-state index contributed by atoms with van der Waals surface area (Å²) in [4.78, 5) is 33.1. The summed E-state index contributed by atoms with van der Waals surface area (Å²) in [7, 11) is 0. The van der Waals surface area contributed by atoms with Crippen LogP contribution in [0.4, 0.5) is 17.1 Å². The van der Waals surface area contributed by atoms with Crippen LogP contribution in [0.15, 0.2) is 53.1 Å². The highest BCUT2D eigenvalue weighted by Gasteiger charge is 2.29. The summed E-state index contributed by atoms with van der Waals surface area (Å²) in [6.45, 7) is 1.57. The lowest BCUT2D eigenvalue weighted by molar-refractivity contribution is -0.385. The number of benzene rings is 2. The number of carbonyl (C=O) groups is 1. The summed E-state index contributed by atoms with van der Waals surface area (Å²) in [5.74, 6) is -0.741. The van der Waals surface area contributed by atoms with E-state index in [4.69, 9.17) is 0 Å². The van der Waals surface area contributed by atoms with Crippen LogP contribution in [0.25, 0.3) is 6.08 Å². The zero-order valence-corrected chi connectivity index (χ0v) is 13.9. The number of carbonyl (C=O) groups excluding carboxylic acids is 1. The van der Waals surface area contributed by atoms with E-state index in [9.17, 15) is 30.1 Å². The largest absolute Gasteiger partial charge is 0.507 e. The molecule has 10 heteroatoms. The Morgan fingerprint density at radius 2 is 1.63 bits per heavy atom. The normalized spacial score (nSPS) is 15.1. The van der Waals surface area contributed by atoms with Gasteiger partial charge in [0.2, 0.25) is 0 Å². The number of hydrogen-bond acceptors (Lipinski definition) is 7. The predicted octanol–water partition coefficient (Wildman–Crippen LogP) is 3.01. The highest BCUT2D eigenvalue weighted by atomic mass is 16.6. The third-order valence-corrected chi connectivity index (χ3v) is 3.89. The minimum Gasteiger partial charge on any atom is -0.507 e. The number of nitro groups is 2. The molecule has 1 amide bonds. The molecule has 3 rings (SSSR count). The first-order valence-electron chi connectivity index (χ1n) is 7.61. The molecule has 2 aromatic rings. The van der Waals surface area contributed by atoms with Gasteiger partial charge in [-0.15, -0.1) is 0 Å². The van der Waals surface area contributed by atoms with Crippen molar-refractivity contribution in [1.29, 1.82) is 0 Å². The van der Waals surface area contributed by atoms with E-state index >= 15 is 0 Å². The molecule has 27 heavy (non-hydrogen) atoms. The van der Waals surface area contributed by atoms with Gasteiger partial charge in [-0.25, -0.2) is 0 Å². The number of hydrogen-bond donors (Lipinski definition) is 1. The molecule has 1 N–H and O–H groups in total. The van der Waals surface area contributed by atoms with Crippen LogP contribution in [0.2, 0.25) is 0 Å². The van der Waals surface area contributed by atoms with Crippen molar-refractivity contribution in [1.82, 2.24) is 0 Å². The molecule has 0 unspecified atom stereocenters. The van der Waals surface area contributed by atoms with Gasteiger partial charge in [0, 0.05) is 29.8 Å². The lowest BCUT2D eigenvalue weighted by Crippen LogP contribution is -2.21. The van der Waals surface area contributed by atoms with E-state index in [0.29, 0.717) is 11.4 Å². The topological polar surface area (TPSA) is 139 Å². The number of anilines is 1. The van der Waals surface area contributed by atoms with Gasteiger partial charge in [0.1, 0.15) is 5.75 Å². The van der Waals surface area contributed by atoms with Crippen molar-refractivity contribution in [3.05, 3.63) is 73.8 Å². The molecule has 0 saturated heterocycles. The molecule has 0 radical (unpaired) electrons. The molecule has 0 spiro atoms. The van der Waals surface area contributed by atoms with Gasteiger partial charge in [-0.3, -0.25) is 25.0 Å². The van der Waals surface area contributed by atoms with Gasteiger partial charge in [0.05, 0.1) is 26.8 Å². The number of nitro benzene ring substituents is 2. The number of phenols is 1. The predicted molar refractivity (Wildman–Crippen MR) is 96.4 cm³/mol. The SMILES string of the molecule is CC1=NN(c2ccc([N+](=O)[O-])cc2)C(=O)C1=Cc1cc([N+](=O)[O-])ccc1O. The molecular weight excluding hydrogens is 356 g/mol. The van der Waals surface area contributed by atoms with E-state index in [1.807, 2.05) is 0 Å². The zero-order chi connectivity index (χ0) is 19.7. The minimum absolute atomic E-state index is 0.104. The summed E-state index contributed by atoms with van der Waals surface area (Å²) in [5.41, 5.74) is 0.563. The summed E-state index contributed by atoms with van der Waals surface area (Å²) < 4.78 is 0. The molecule has 1 aliphatic heterocycles. The van der Waals surface area contributed by atoms with Gasteiger partial charge in [-0.1, -0.05) is 0 Å². The Labute approximate surface area is 152 Å². The smallest absolute Gasteiger partial charge is 0.280 e. The average molecular weight is 368 g/mol. The van der Waals surface area contributed by atoms with Crippen molar-refractivity contribution in [3.8, 4) is 5.75 Å². The first-order valence-corrected chi connectivity index (χ1v) is 7.61. The van der Waals surface area contributed by atoms with Crippen molar-refractivity contribution in [3.63, 3.8) is 0 Å². The highest BCUT2D eigenvalue weighted by Crippen LogP contribution is 2.30. The van der Waals surface area contributed by atoms with E-state index in [0.717, 1.165) is 17.1 Å². The Balaban J connectivity index is 1.96. The summed E-state index contributed by atoms with van der Waals surface area (Å²) in [6.07, 6.45) is 1.31. The minimum atomic E-state index is -0.609. The maximum absolute atomic E-state index is 12.7. The van der Waals surface area contributed by atoms with Gasteiger partial charge in [-0.2, -0.15) is 10.1 Å². The molecule has 136 valence electrons. The van der Waals surface area contributed by atoms with E-state index < -0.39 is 15.8 Å². The molecule has 0 aromatic heterocycles. The molecule has 1 heterocycles. The van der Waals surface area contributed by atoms with Crippen LogP contribution in [-0.4, -0.2) is 26.6 Å². The summed E-state index contributed by atoms with van der Waals surface area (Å²) >= 11 is 0. The second-order valence-electron chi connectivity index (χ2n) is 5.63. The van der Waals surface area contributed by atoms with Crippen LogP contribution < -0.4 is 5.01 Å². The van der Waals surface area contributed by atoms with Crippen molar-refractivity contribution < 1.29 is 19.7 Å². The van der Waals surface area contributed by atoms with E-state index in [2.05, 4.69) is 5.10 Å². The second kappa shape index (κ2) is 6.67. The van der Waals surface area contributed by atoms with Crippen LogP contribution in [0.5, 0.6) is 5.75 Å². The first-order chi connectivity index (χ1) is 12.8. The van der Waals surface area contributed by atoms with Crippen molar-refractivity contribution in [2.75, 3.05) is 5.01 Å². The van der Waals surface area contributed by atoms with E-state index in [-0.39, 0.29) is 28.3 Å². The third kappa shape index (κ3) is 3.35. The monoisotopic (exact) mass is 368 g/mol. The highest BCUT2D eigenvalue weighted by molar-refractivity contribution is 6.32. The number of hydrazone groups is 1. The van der Waals surface area contributed by atoms with Crippen LogP contribution in [-0.2, 0) is 4.79 Å². The van der Waals surface area contributed by atoms with Crippen LogP contribution in [0.1, 0.15) is 12.5 Å². The Morgan fingerprint density at radius 1 is 1.04 bits per heavy atom. The number of rotatable bonds is 4. The van der Waals surface area contributed by atoms with Gasteiger partial charge in [-0.05, 0) is 31.2 Å². The third-order valence-electron chi connectivity index (χ3n) is 3.89. The molecule has 0 aliphatic carbocycles. The van der Waals surface area contributed by atoms with Crippen molar-refractivity contribution >= 4 is 34.8 Å². The fourth-order valence-corrected chi connectivity index (χ4v) is 2.50. The average Bonchev–Trinajstić information content (AvgIpc) is 2.91. The fourth-order valence-electron chi connectivity index (χ4n) is 2.50. The maximum atomic E-state index is 12.7. The Hall–Kier alpha value is -4.08. The number of non-ortho nitro benzene ring substituents is 2. The standard InChI is InChI=1S/C17H12N4O6/c1-10-15(9-11-8-14(21(26)27)6-7-16(11)22)17(23)19(18-10)12-2-4-13(5-3-12)20(24)25/h2-9,22H,1H3. The van der Waals surface area contributed by atoms with Crippen LogP contribution >= 0.6 is 0 Å². The molecule has 10 nitrogen and oxygen atoms in total. The maximum Gasteiger partial charge on any atom is 0.280 e. The molecule has 2 aromatic carbocycles.